The molecule has 0 fully saturated rings. The van der Waals surface area contributed by atoms with Gasteiger partial charge in [0.05, 0.1) is 29.2 Å². The second-order valence-electron chi connectivity index (χ2n) is 7.18. The lowest BCUT2D eigenvalue weighted by atomic mass is 10.1. The van der Waals surface area contributed by atoms with Crippen LogP contribution in [0, 0.1) is 11.3 Å². The first-order valence-corrected chi connectivity index (χ1v) is 12.0. The van der Waals surface area contributed by atoms with Crippen molar-refractivity contribution in [1.82, 2.24) is 10.3 Å². The van der Waals surface area contributed by atoms with Gasteiger partial charge in [-0.3, -0.25) is 4.79 Å². The number of nitrogens with one attached hydrogen (secondary N) is 3. The lowest BCUT2D eigenvalue weighted by molar-refractivity contribution is 0.103. The minimum Gasteiger partial charge on any atom is -0.397 e. The molecule has 2 aromatic carbocycles. The number of aromatic nitrogens is 1. The SMILES string of the molecule is N#Cc1ccc(CNCCNc2ncc(C(=O)Nc3cc(-c4cccs4)ccc3N)s2)cc1. The first-order valence-electron chi connectivity index (χ1n) is 10.3. The Balaban J connectivity index is 1.26. The van der Waals surface area contributed by atoms with E-state index in [4.69, 9.17) is 11.0 Å². The van der Waals surface area contributed by atoms with E-state index in [-0.39, 0.29) is 5.91 Å². The molecule has 0 aliphatic heterocycles. The fourth-order valence-electron chi connectivity index (χ4n) is 3.09. The second-order valence-corrected chi connectivity index (χ2v) is 9.15. The van der Waals surface area contributed by atoms with Gasteiger partial charge in [0.25, 0.3) is 5.91 Å². The van der Waals surface area contributed by atoms with Crippen LogP contribution >= 0.6 is 22.7 Å². The molecule has 9 heteroatoms. The van der Waals surface area contributed by atoms with Crippen molar-refractivity contribution in [2.75, 3.05) is 29.5 Å². The Hall–Kier alpha value is -3.71. The van der Waals surface area contributed by atoms with Gasteiger partial charge in [0.15, 0.2) is 5.13 Å². The molecule has 2 heterocycles. The van der Waals surface area contributed by atoms with Crippen LogP contribution in [0.3, 0.4) is 0 Å². The number of carbonyl (C=O) groups excluding carboxylic acids is 1. The number of nitrogens with two attached hydrogens (primary N) is 1. The van der Waals surface area contributed by atoms with E-state index in [1.54, 1.807) is 23.6 Å². The highest BCUT2D eigenvalue weighted by Gasteiger charge is 2.13. The molecule has 7 nitrogen and oxygen atoms in total. The van der Waals surface area contributed by atoms with E-state index in [1.807, 2.05) is 53.9 Å². The molecule has 0 aliphatic rings. The molecule has 0 saturated carbocycles. The van der Waals surface area contributed by atoms with E-state index in [0.29, 0.717) is 40.0 Å². The Labute approximate surface area is 199 Å². The average Bonchev–Trinajstić information content (AvgIpc) is 3.53. The Kier molecular flexibility index (Phi) is 7.32. The predicted molar refractivity (Wildman–Crippen MR) is 136 cm³/mol. The van der Waals surface area contributed by atoms with Crippen molar-refractivity contribution in [3.63, 3.8) is 0 Å². The Morgan fingerprint density at radius 3 is 2.73 bits per heavy atom. The molecular formula is C24H22N6OS2. The number of anilines is 3. The van der Waals surface area contributed by atoms with Crippen LogP contribution in [0.5, 0.6) is 0 Å². The van der Waals surface area contributed by atoms with Crippen LogP contribution in [0.25, 0.3) is 10.4 Å². The Bertz CT molecular complexity index is 1260. The van der Waals surface area contributed by atoms with Gasteiger partial charge < -0.3 is 21.7 Å². The number of thiophene rings is 1. The van der Waals surface area contributed by atoms with E-state index >= 15 is 0 Å². The van der Waals surface area contributed by atoms with Crippen molar-refractivity contribution < 1.29 is 4.79 Å². The van der Waals surface area contributed by atoms with Gasteiger partial charge in [0, 0.05) is 24.5 Å². The number of thiazole rings is 1. The normalized spacial score (nSPS) is 10.5. The molecule has 0 bridgehead atoms. The number of hydrogen-bond acceptors (Lipinski definition) is 8. The molecule has 1 amide bonds. The number of rotatable bonds is 9. The van der Waals surface area contributed by atoms with Gasteiger partial charge >= 0.3 is 0 Å². The lowest BCUT2D eigenvalue weighted by Gasteiger charge is -2.09. The second kappa shape index (κ2) is 10.7. The van der Waals surface area contributed by atoms with Crippen LogP contribution in [0.15, 0.2) is 66.2 Å². The molecule has 0 atom stereocenters. The smallest absolute Gasteiger partial charge is 0.267 e. The van der Waals surface area contributed by atoms with Crippen molar-refractivity contribution in [3.8, 4) is 16.5 Å². The minimum absolute atomic E-state index is 0.241. The summed E-state index contributed by atoms with van der Waals surface area (Å²) in [4.78, 5) is 18.6. The molecule has 0 aliphatic carbocycles. The van der Waals surface area contributed by atoms with Crippen molar-refractivity contribution in [2.24, 2.45) is 0 Å². The van der Waals surface area contributed by atoms with Crippen LogP contribution in [-0.4, -0.2) is 24.0 Å². The fourth-order valence-corrected chi connectivity index (χ4v) is 4.55. The number of nitrogen functional groups attached to an aromatic ring is 1. The van der Waals surface area contributed by atoms with Crippen LogP contribution < -0.4 is 21.7 Å². The zero-order valence-corrected chi connectivity index (χ0v) is 19.3. The van der Waals surface area contributed by atoms with Crippen LogP contribution in [0.2, 0.25) is 0 Å². The summed E-state index contributed by atoms with van der Waals surface area (Å²) in [6.07, 6.45) is 1.56. The van der Waals surface area contributed by atoms with Crippen molar-refractivity contribution >= 4 is 45.1 Å². The molecular weight excluding hydrogens is 452 g/mol. The maximum atomic E-state index is 12.7. The largest absolute Gasteiger partial charge is 0.397 e. The third kappa shape index (κ3) is 5.96. The van der Waals surface area contributed by atoms with Gasteiger partial charge in [-0.1, -0.05) is 35.6 Å². The summed E-state index contributed by atoms with van der Waals surface area (Å²) in [6.45, 7) is 2.11. The summed E-state index contributed by atoms with van der Waals surface area (Å²) < 4.78 is 0. The number of hydrogen-bond donors (Lipinski definition) is 4. The van der Waals surface area contributed by atoms with Gasteiger partial charge in [0.1, 0.15) is 4.88 Å². The topological polar surface area (TPSA) is 116 Å². The van der Waals surface area contributed by atoms with E-state index < -0.39 is 0 Å². The molecule has 0 spiro atoms. The average molecular weight is 475 g/mol. The molecule has 166 valence electrons. The Morgan fingerprint density at radius 1 is 1.12 bits per heavy atom. The maximum Gasteiger partial charge on any atom is 0.267 e. The first kappa shape index (κ1) is 22.5. The molecule has 0 radical (unpaired) electrons. The monoisotopic (exact) mass is 474 g/mol. The summed E-state index contributed by atoms with van der Waals surface area (Å²) in [7, 11) is 0. The minimum atomic E-state index is -0.241. The van der Waals surface area contributed by atoms with Crippen molar-refractivity contribution in [3.05, 3.63) is 82.2 Å². The predicted octanol–water partition coefficient (Wildman–Crippen LogP) is 4.78. The highest BCUT2D eigenvalue weighted by Crippen LogP contribution is 2.30. The zero-order chi connectivity index (χ0) is 23.0. The third-order valence-corrected chi connectivity index (χ3v) is 6.70. The van der Waals surface area contributed by atoms with E-state index in [1.165, 1.54) is 11.3 Å². The number of carbonyl (C=O) groups is 1. The molecule has 0 unspecified atom stereocenters. The summed E-state index contributed by atoms with van der Waals surface area (Å²) in [5.41, 5.74) is 9.94. The molecule has 5 N–H and O–H groups in total. The number of nitriles is 1. The zero-order valence-electron chi connectivity index (χ0n) is 17.7. The maximum absolute atomic E-state index is 12.7. The summed E-state index contributed by atoms with van der Waals surface area (Å²) in [6, 6.07) is 19.3. The van der Waals surface area contributed by atoms with Gasteiger partial charge in [-0.2, -0.15) is 5.26 Å². The highest BCUT2D eigenvalue weighted by atomic mass is 32.1. The number of amides is 1. The van der Waals surface area contributed by atoms with Gasteiger partial charge in [-0.25, -0.2) is 4.98 Å². The fraction of sp³-hybridized carbons (Fsp3) is 0.125. The highest BCUT2D eigenvalue weighted by molar-refractivity contribution is 7.17. The van der Waals surface area contributed by atoms with Crippen molar-refractivity contribution in [1.29, 1.82) is 5.26 Å². The number of nitrogens with zero attached hydrogens (tertiary/aromatic N) is 2. The first-order chi connectivity index (χ1) is 16.1. The lowest BCUT2D eigenvalue weighted by Crippen LogP contribution is -2.21. The molecule has 33 heavy (non-hydrogen) atoms. The summed E-state index contributed by atoms with van der Waals surface area (Å²) in [5.74, 6) is -0.241. The number of benzene rings is 2. The molecule has 2 aromatic heterocycles. The van der Waals surface area contributed by atoms with E-state index in [2.05, 4.69) is 27.0 Å². The Morgan fingerprint density at radius 2 is 1.97 bits per heavy atom. The third-order valence-electron chi connectivity index (χ3n) is 4.83. The summed E-state index contributed by atoms with van der Waals surface area (Å²) >= 11 is 2.93. The van der Waals surface area contributed by atoms with Crippen LogP contribution in [0.1, 0.15) is 20.8 Å². The van der Waals surface area contributed by atoms with Crippen LogP contribution in [0.4, 0.5) is 16.5 Å². The van der Waals surface area contributed by atoms with E-state index in [0.717, 1.165) is 22.5 Å². The quantitative estimate of drug-likeness (QED) is 0.205. The molecule has 0 saturated heterocycles. The van der Waals surface area contributed by atoms with Gasteiger partial charge in [-0.05, 0) is 46.8 Å². The standard InChI is InChI=1S/C24H22N6OS2/c25-13-16-3-5-17(6-4-16)14-27-9-10-28-24-29-15-22(33-24)23(31)30-20-12-18(7-8-19(20)26)21-2-1-11-32-21/h1-8,11-12,15,27H,9-10,14,26H2,(H,28,29)(H,30,31). The van der Waals surface area contributed by atoms with E-state index in [9.17, 15) is 4.79 Å². The van der Waals surface area contributed by atoms with Crippen molar-refractivity contribution in [2.45, 2.75) is 6.54 Å². The van der Waals surface area contributed by atoms with Crippen LogP contribution in [-0.2, 0) is 6.54 Å². The summed E-state index contributed by atoms with van der Waals surface area (Å²) in [5, 5.41) is 21.0. The molecule has 4 rings (SSSR count). The molecule has 4 aromatic rings. The van der Waals surface area contributed by atoms with Gasteiger partial charge in [0.2, 0.25) is 0 Å². The van der Waals surface area contributed by atoms with Gasteiger partial charge in [-0.15, -0.1) is 11.3 Å².